The summed E-state index contributed by atoms with van der Waals surface area (Å²) >= 11 is 0. The summed E-state index contributed by atoms with van der Waals surface area (Å²) in [7, 11) is 1.54. The first-order valence-corrected chi connectivity index (χ1v) is 10.1. The van der Waals surface area contributed by atoms with E-state index in [1.165, 1.54) is 18.2 Å². The molecule has 1 aliphatic heterocycles. The number of carbonyl (C=O) groups is 2. The van der Waals surface area contributed by atoms with Gasteiger partial charge < -0.3 is 19.3 Å². The standard InChI is InChI=1S/C26H22O6/c1-3-23(28)16-7-10-19(11-8-16)32-26-21-12-9-18(27)14-24(21)31-15-22(26)25(29)17-5-4-6-20(13-17)30-2/h3-14,22,26-27H,1,15H2,2H3. The van der Waals surface area contributed by atoms with Crippen LogP contribution in [-0.2, 0) is 0 Å². The summed E-state index contributed by atoms with van der Waals surface area (Å²) in [5, 5.41) is 9.84. The second-order valence-electron chi connectivity index (χ2n) is 7.37. The smallest absolute Gasteiger partial charge is 0.185 e. The Morgan fingerprint density at radius 3 is 2.53 bits per heavy atom. The molecule has 0 spiro atoms. The van der Waals surface area contributed by atoms with Crippen molar-refractivity contribution in [3.05, 3.63) is 96.1 Å². The van der Waals surface area contributed by atoms with Crippen molar-refractivity contribution in [3.63, 3.8) is 0 Å². The zero-order chi connectivity index (χ0) is 22.7. The van der Waals surface area contributed by atoms with Gasteiger partial charge in [-0.3, -0.25) is 9.59 Å². The third-order valence-corrected chi connectivity index (χ3v) is 5.37. The first-order valence-electron chi connectivity index (χ1n) is 10.1. The molecule has 3 aromatic rings. The SMILES string of the molecule is C=CC(=O)c1ccc(OC2c3ccc(O)cc3OCC2C(=O)c2cccc(OC)c2)cc1. The molecular weight excluding hydrogens is 408 g/mol. The number of phenols is 1. The third-order valence-electron chi connectivity index (χ3n) is 5.37. The minimum atomic E-state index is -0.654. The number of hydrogen-bond acceptors (Lipinski definition) is 6. The normalized spacial score (nSPS) is 16.9. The highest BCUT2D eigenvalue weighted by Crippen LogP contribution is 2.41. The molecule has 0 radical (unpaired) electrons. The maximum absolute atomic E-state index is 13.4. The Hall–Kier alpha value is -4.06. The number of allylic oxidation sites excluding steroid dienone is 1. The van der Waals surface area contributed by atoms with Crippen LogP contribution in [0, 0.1) is 5.92 Å². The van der Waals surface area contributed by atoms with Crippen LogP contribution in [0.4, 0.5) is 0 Å². The Bertz CT molecular complexity index is 1170. The number of Topliss-reactive ketones (excluding diaryl/α,β-unsaturated/α-hetero) is 1. The van der Waals surface area contributed by atoms with Gasteiger partial charge in [-0.1, -0.05) is 18.7 Å². The Labute approximate surface area is 185 Å². The molecular formula is C26H22O6. The van der Waals surface area contributed by atoms with Crippen molar-refractivity contribution in [2.75, 3.05) is 13.7 Å². The number of hydrogen-bond donors (Lipinski definition) is 1. The average molecular weight is 430 g/mol. The monoisotopic (exact) mass is 430 g/mol. The molecule has 0 aliphatic carbocycles. The van der Waals surface area contributed by atoms with Crippen LogP contribution in [0.15, 0.2) is 79.4 Å². The lowest BCUT2D eigenvalue weighted by Crippen LogP contribution is -2.35. The quantitative estimate of drug-likeness (QED) is 0.429. The lowest BCUT2D eigenvalue weighted by Gasteiger charge is -2.33. The van der Waals surface area contributed by atoms with E-state index in [4.69, 9.17) is 14.2 Å². The van der Waals surface area contributed by atoms with Gasteiger partial charge in [-0.2, -0.15) is 0 Å². The van der Waals surface area contributed by atoms with Crippen molar-refractivity contribution in [1.82, 2.24) is 0 Å². The van der Waals surface area contributed by atoms with Gasteiger partial charge in [-0.25, -0.2) is 0 Å². The summed E-state index contributed by atoms with van der Waals surface area (Å²) in [6.07, 6.45) is 0.596. The molecule has 1 aliphatic rings. The number of benzene rings is 3. The molecule has 162 valence electrons. The number of fused-ring (bicyclic) bond motifs is 1. The van der Waals surface area contributed by atoms with Gasteiger partial charge in [0.1, 0.15) is 35.7 Å². The molecule has 2 unspecified atom stereocenters. The topological polar surface area (TPSA) is 82.1 Å². The van der Waals surface area contributed by atoms with E-state index in [2.05, 4.69) is 6.58 Å². The minimum Gasteiger partial charge on any atom is -0.508 e. The summed E-state index contributed by atoms with van der Waals surface area (Å²) in [4.78, 5) is 25.2. The summed E-state index contributed by atoms with van der Waals surface area (Å²) in [5.74, 6) is 0.641. The van der Waals surface area contributed by atoms with Gasteiger partial charge in [0.15, 0.2) is 11.6 Å². The third kappa shape index (κ3) is 4.21. The van der Waals surface area contributed by atoms with Crippen LogP contribution in [0.3, 0.4) is 0 Å². The van der Waals surface area contributed by atoms with E-state index in [1.807, 2.05) is 0 Å². The van der Waals surface area contributed by atoms with Crippen LogP contribution >= 0.6 is 0 Å². The fourth-order valence-electron chi connectivity index (χ4n) is 3.68. The zero-order valence-electron chi connectivity index (χ0n) is 17.5. The van der Waals surface area contributed by atoms with Crippen LogP contribution in [0.1, 0.15) is 32.4 Å². The van der Waals surface area contributed by atoms with Crippen molar-refractivity contribution in [2.45, 2.75) is 6.10 Å². The van der Waals surface area contributed by atoms with Crippen LogP contribution in [0.2, 0.25) is 0 Å². The molecule has 0 saturated carbocycles. The summed E-state index contributed by atoms with van der Waals surface area (Å²) in [6.45, 7) is 3.58. The van der Waals surface area contributed by atoms with E-state index in [1.54, 1.807) is 61.7 Å². The molecule has 4 rings (SSSR count). The minimum absolute atomic E-state index is 0.0624. The maximum atomic E-state index is 13.4. The molecule has 1 heterocycles. The number of methoxy groups -OCH3 is 1. The first-order chi connectivity index (χ1) is 15.5. The second-order valence-corrected chi connectivity index (χ2v) is 7.37. The first kappa shape index (κ1) is 21.2. The van der Waals surface area contributed by atoms with Gasteiger partial charge >= 0.3 is 0 Å². The van der Waals surface area contributed by atoms with Crippen LogP contribution in [0.5, 0.6) is 23.0 Å². The molecule has 0 amide bonds. The van der Waals surface area contributed by atoms with Gasteiger partial charge in [0.25, 0.3) is 0 Å². The van der Waals surface area contributed by atoms with Crippen LogP contribution in [0.25, 0.3) is 0 Å². The fourth-order valence-corrected chi connectivity index (χ4v) is 3.68. The molecule has 1 N–H and O–H groups in total. The van der Waals surface area contributed by atoms with Gasteiger partial charge in [-0.05, 0) is 54.6 Å². The van der Waals surface area contributed by atoms with Crippen LogP contribution < -0.4 is 14.2 Å². The van der Waals surface area contributed by atoms with Gasteiger partial charge in [0, 0.05) is 22.8 Å². The molecule has 0 fully saturated rings. The van der Waals surface area contributed by atoms with Gasteiger partial charge in [0.05, 0.1) is 13.0 Å². The highest BCUT2D eigenvalue weighted by Gasteiger charge is 2.38. The zero-order valence-corrected chi connectivity index (χ0v) is 17.5. The van der Waals surface area contributed by atoms with Crippen molar-refractivity contribution in [2.24, 2.45) is 5.92 Å². The Kier molecular flexibility index (Phi) is 5.94. The van der Waals surface area contributed by atoms with Crippen LogP contribution in [-0.4, -0.2) is 30.4 Å². The van der Waals surface area contributed by atoms with Crippen molar-refractivity contribution in [3.8, 4) is 23.0 Å². The van der Waals surface area contributed by atoms with E-state index < -0.39 is 12.0 Å². The fraction of sp³-hybridized carbons (Fsp3) is 0.154. The van der Waals surface area contributed by atoms with Crippen molar-refractivity contribution >= 4 is 11.6 Å². The number of ketones is 2. The molecule has 0 aromatic heterocycles. The van der Waals surface area contributed by atoms with Gasteiger partial charge in [0.2, 0.25) is 0 Å². The van der Waals surface area contributed by atoms with E-state index in [-0.39, 0.29) is 23.9 Å². The van der Waals surface area contributed by atoms with Gasteiger partial charge in [-0.15, -0.1) is 0 Å². The largest absolute Gasteiger partial charge is 0.508 e. The predicted molar refractivity (Wildman–Crippen MR) is 119 cm³/mol. The molecule has 32 heavy (non-hydrogen) atoms. The summed E-state index contributed by atoms with van der Waals surface area (Å²) in [5.41, 5.74) is 1.64. The van der Waals surface area contributed by atoms with Crippen molar-refractivity contribution < 1.29 is 28.9 Å². The number of carbonyl (C=O) groups excluding carboxylic acids is 2. The Morgan fingerprint density at radius 1 is 1.03 bits per heavy atom. The van der Waals surface area contributed by atoms with E-state index in [0.717, 1.165) is 0 Å². The highest BCUT2D eigenvalue weighted by molar-refractivity contribution is 6.04. The number of phenolic OH excluding ortho intramolecular Hbond substituents is 1. The second kappa shape index (κ2) is 8.98. The number of rotatable bonds is 7. The molecule has 0 saturated heterocycles. The summed E-state index contributed by atoms with van der Waals surface area (Å²) < 4.78 is 17.3. The molecule has 2 atom stereocenters. The molecule has 3 aromatic carbocycles. The Balaban J connectivity index is 1.69. The maximum Gasteiger partial charge on any atom is 0.185 e. The Morgan fingerprint density at radius 2 is 1.81 bits per heavy atom. The van der Waals surface area contributed by atoms with E-state index in [0.29, 0.717) is 33.9 Å². The molecule has 6 heteroatoms. The highest BCUT2D eigenvalue weighted by atomic mass is 16.5. The average Bonchev–Trinajstić information content (AvgIpc) is 2.83. The molecule has 0 bridgehead atoms. The van der Waals surface area contributed by atoms with E-state index >= 15 is 0 Å². The lowest BCUT2D eigenvalue weighted by molar-refractivity contribution is 0.0516. The summed E-state index contributed by atoms with van der Waals surface area (Å²) in [6, 6.07) is 18.3. The predicted octanol–water partition coefficient (Wildman–Crippen LogP) is 4.78. The molecule has 6 nitrogen and oxygen atoms in total. The van der Waals surface area contributed by atoms with E-state index in [9.17, 15) is 14.7 Å². The lowest BCUT2D eigenvalue weighted by atomic mass is 9.86. The number of aromatic hydroxyl groups is 1. The van der Waals surface area contributed by atoms with Crippen molar-refractivity contribution in [1.29, 1.82) is 0 Å². The number of ether oxygens (including phenoxy) is 3.